The van der Waals surface area contributed by atoms with Crippen LogP contribution in [0.3, 0.4) is 0 Å². The largest absolute Gasteiger partial charge is 0.416 e. The van der Waals surface area contributed by atoms with Crippen molar-refractivity contribution in [1.29, 1.82) is 0 Å². The van der Waals surface area contributed by atoms with Gasteiger partial charge in [-0.15, -0.1) is 21.5 Å². The molecule has 0 radical (unpaired) electrons. The highest BCUT2D eigenvalue weighted by Crippen LogP contribution is 2.21. The van der Waals surface area contributed by atoms with Gasteiger partial charge in [-0.2, -0.15) is 0 Å². The molecule has 8 heteroatoms. The Bertz CT molecular complexity index is 879. The Balaban J connectivity index is 1.60. The van der Waals surface area contributed by atoms with Crippen molar-refractivity contribution in [2.75, 3.05) is 5.75 Å². The van der Waals surface area contributed by atoms with Gasteiger partial charge < -0.3 is 8.98 Å². The number of thiazole rings is 1. The van der Waals surface area contributed by atoms with E-state index in [1.54, 1.807) is 11.3 Å². The molecule has 3 aromatic rings. The lowest BCUT2D eigenvalue weighted by molar-refractivity contribution is 0.102. The molecule has 0 bridgehead atoms. The van der Waals surface area contributed by atoms with Crippen molar-refractivity contribution in [2.45, 2.75) is 32.4 Å². The van der Waals surface area contributed by atoms with Crippen molar-refractivity contribution in [1.82, 2.24) is 19.7 Å². The van der Waals surface area contributed by atoms with Crippen molar-refractivity contribution >= 4 is 28.9 Å². The number of hydrogen-bond donors (Lipinski definition) is 0. The Hall–Kier alpha value is -1.93. The number of hydrogen-bond acceptors (Lipinski definition) is 7. The molecule has 0 spiro atoms. The summed E-state index contributed by atoms with van der Waals surface area (Å²) in [6.45, 7) is 5.90. The number of aromatic nitrogens is 4. The fourth-order valence-electron chi connectivity index (χ4n) is 2.36. The predicted octanol–water partition coefficient (Wildman–Crippen LogP) is 3.36. The number of aryl methyl sites for hydroxylation is 2. The summed E-state index contributed by atoms with van der Waals surface area (Å²) < 4.78 is 7.60. The van der Waals surface area contributed by atoms with E-state index in [1.807, 2.05) is 43.8 Å². The third-order valence-corrected chi connectivity index (χ3v) is 5.49. The Kier molecular flexibility index (Phi) is 4.86. The average molecular weight is 362 g/mol. The zero-order valence-electron chi connectivity index (χ0n) is 14.0. The van der Waals surface area contributed by atoms with E-state index in [9.17, 15) is 4.79 Å². The molecule has 0 aliphatic carbocycles. The zero-order chi connectivity index (χ0) is 17.3. The molecule has 24 heavy (non-hydrogen) atoms. The Morgan fingerprint density at radius 1 is 1.33 bits per heavy atom. The van der Waals surface area contributed by atoms with Gasteiger partial charge in [-0.25, -0.2) is 4.98 Å². The van der Waals surface area contributed by atoms with Crippen LogP contribution in [0.15, 0.2) is 21.1 Å². The van der Waals surface area contributed by atoms with Crippen LogP contribution >= 0.6 is 23.1 Å². The van der Waals surface area contributed by atoms with Crippen LogP contribution < -0.4 is 0 Å². The minimum atomic E-state index is 0.0658. The molecule has 0 amide bonds. The van der Waals surface area contributed by atoms with Gasteiger partial charge in [0.15, 0.2) is 5.78 Å². The first kappa shape index (κ1) is 16.9. The van der Waals surface area contributed by atoms with E-state index < -0.39 is 0 Å². The molecule has 3 aromatic heterocycles. The van der Waals surface area contributed by atoms with Crippen LogP contribution in [-0.4, -0.2) is 31.3 Å². The van der Waals surface area contributed by atoms with Crippen LogP contribution in [0.4, 0.5) is 0 Å². The molecule has 0 fully saturated rings. The Morgan fingerprint density at radius 3 is 2.75 bits per heavy atom. The lowest BCUT2D eigenvalue weighted by Crippen LogP contribution is -2.04. The van der Waals surface area contributed by atoms with E-state index >= 15 is 0 Å². The Morgan fingerprint density at radius 2 is 2.12 bits per heavy atom. The van der Waals surface area contributed by atoms with E-state index in [2.05, 4.69) is 15.2 Å². The number of Topliss-reactive ketones (excluding diaryl/α,β-unsaturated/α-hetero) is 1. The molecule has 0 aliphatic heterocycles. The van der Waals surface area contributed by atoms with Crippen molar-refractivity contribution in [3.8, 4) is 0 Å². The first-order valence-electron chi connectivity index (χ1n) is 7.46. The highest BCUT2D eigenvalue weighted by molar-refractivity contribution is 7.99. The van der Waals surface area contributed by atoms with Gasteiger partial charge in [0.05, 0.1) is 22.9 Å². The monoisotopic (exact) mass is 362 g/mol. The van der Waals surface area contributed by atoms with Gasteiger partial charge in [0, 0.05) is 29.4 Å². The van der Waals surface area contributed by atoms with Crippen LogP contribution in [0.1, 0.15) is 38.3 Å². The summed E-state index contributed by atoms with van der Waals surface area (Å²) in [5.41, 5.74) is 3.71. The summed E-state index contributed by atoms with van der Waals surface area (Å²) in [5, 5.41) is 11.4. The number of nitrogens with zero attached hydrogens (tertiary/aromatic N) is 4. The molecule has 0 atom stereocenters. The van der Waals surface area contributed by atoms with Gasteiger partial charge in [-0.3, -0.25) is 4.79 Å². The van der Waals surface area contributed by atoms with E-state index in [0.29, 0.717) is 17.5 Å². The molecular weight excluding hydrogens is 344 g/mol. The molecule has 6 nitrogen and oxygen atoms in total. The van der Waals surface area contributed by atoms with Gasteiger partial charge in [0.25, 0.3) is 5.22 Å². The fourth-order valence-corrected chi connectivity index (χ4v) is 3.63. The molecule has 0 saturated carbocycles. The molecule has 0 aliphatic rings. The van der Waals surface area contributed by atoms with Crippen molar-refractivity contribution in [2.24, 2.45) is 7.05 Å². The zero-order valence-corrected chi connectivity index (χ0v) is 15.6. The minimum Gasteiger partial charge on any atom is -0.416 e. The van der Waals surface area contributed by atoms with E-state index in [1.165, 1.54) is 11.8 Å². The van der Waals surface area contributed by atoms with Gasteiger partial charge in [0.2, 0.25) is 5.89 Å². The maximum absolute atomic E-state index is 12.4. The quantitative estimate of drug-likeness (QED) is 0.494. The summed E-state index contributed by atoms with van der Waals surface area (Å²) in [5.74, 6) is 0.861. The Labute approximate surface area is 148 Å². The molecule has 126 valence electrons. The SMILES string of the molecule is Cc1nc(Cc2nnc(SCC(=O)c3cc(C)n(C)c3C)o2)cs1. The van der Waals surface area contributed by atoms with Crippen LogP contribution in [0.5, 0.6) is 0 Å². The minimum absolute atomic E-state index is 0.0658. The van der Waals surface area contributed by atoms with E-state index in [-0.39, 0.29) is 11.5 Å². The molecule has 0 saturated heterocycles. The maximum atomic E-state index is 12.4. The second-order valence-electron chi connectivity index (χ2n) is 5.55. The first-order chi connectivity index (χ1) is 11.4. The van der Waals surface area contributed by atoms with Crippen LogP contribution in [0.25, 0.3) is 0 Å². The summed E-state index contributed by atoms with van der Waals surface area (Å²) in [6.07, 6.45) is 0.517. The van der Waals surface area contributed by atoms with Crippen LogP contribution in [0.2, 0.25) is 0 Å². The van der Waals surface area contributed by atoms with Gasteiger partial charge in [-0.1, -0.05) is 11.8 Å². The third kappa shape index (κ3) is 3.59. The van der Waals surface area contributed by atoms with Gasteiger partial charge in [0.1, 0.15) is 0 Å². The second kappa shape index (κ2) is 6.90. The number of rotatable bonds is 6. The topological polar surface area (TPSA) is 73.8 Å². The van der Waals surface area contributed by atoms with Crippen molar-refractivity contribution in [3.63, 3.8) is 0 Å². The van der Waals surface area contributed by atoms with Crippen molar-refractivity contribution < 1.29 is 9.21 Å². The standard InChI is InChI=1S/C16H18N4O2S2/c1-9-5-13(10(2)20(9)4)14(21)8-24-16-19-18-15(22-16)6-12-7-23-11(3)17-12/h5,7H,6,8H2,1-4H3. The highest BCUT2D eigenvalue weighted by Gasteiger charge is 2.16. The van der Waals surface area contributed by atoms with E-state index in [0.717, 1.165) is 27.7 Å². The molecular formula is C16H18N4O2S2. The average Bonchev–Trinajstić information content (AvgIpc) is 3.23. The van der Waals surface area contributed by atoms with Crippen LogP contribution in [0, 0.1) is 20.8 Å². The second-order valence-corrected chi connectivity index (χ2v) is 7.54. The molecule has 3 heterocycles. The molecule has 0 unspecified atom stereocenters. The lowest BCUT2D eigenvalue weighted by Gasteiger charge is -2.01. The smallest absolute Gasteiger partial charge is 0.277 e. The number of thioether (sulfide) groups is 1. The number of ketones is 1. The predicted molar refractivity (Wildman–Crippen MR) is 93.9 cm³/mol. The normalized spacial score (nSPS) is 11.2. The molecule has 0 aromatic carbocycles. The highest BCUT2D eigenvalue weighted by atomic mass is 32.2. The molecule has 3 rings (SSSR count). The lowest BCUT2D eigenvalue weighted by atomic mass is 10.2. The summed E-state index contributed by atoms with van der Waals surface area (Å²) in [6, 6.07) is 1.92. The third-order valence-electron chi connectivity index (χ3n) is 3.85. The summed E-state index contributed by atoms with van der Waals surface area (Å²) >= 11 is 2.86. The number of carbonyl (C=O) groups is 1. The van der Waals surface area contributed by atoms with Gasteiger partial charge in [-0.05, 0) is 26.8 Å². The maximum Gasteiger partial charge on any atom is 0.277 e. The summed E-state index contributed by atoms with van der Waals surface area (Å²) in [7, 11) is 1.96. The molecule has 0 N–H and O–H groups in total. The number of carbonyl (C=O) groups excluding carboxylic acids is 1. The van der Waals surface area contributed by atoms with Gasteiger partial charge >= 0.3 is 0 Å². The summed E-state index contributed by atoms with van der Waals surface area (Å²) in [4.78, 5) is 16.7. The van der Waals surface area contributed by atoms with E-state index in [4.69, 9.17) is 4.42 Å². The van der Waals surface area contributed by atoms with Crippen molar-refractivity contribution in [3.05, 3.63) is 45.0 Å². The fraction of sp³-hybridized carbons (Fsp3) is 0.375. The first-order valence-corrected chi connectivity index (χ1v) is 9.33. The van der Waals surface area contributed by atoms with Crippen LogP contribution in [-0.2, 0) is 13.5 Å².